The summed E-state index contributed by atoms with van der Waals surface area (Å²) in [7, 11) is 0. The van der Waals surface area contributed by atoms with E-state index in [1.165, 1.54) is 0 Å². The number of nitrogens with two attached hydrogens (primary N) is 1. The molecule has 12 heteroatoms. The van der Waals surface area contributed by atoms with Crippen LogP contribution in [-0.2, 0) is 9.59 Å². The molecule has 3 aromatic rings. The quantitative estimate of drug-likeness (QED) is 0.506. The third kappa shape index (κ3) is 5.90. The van der Waals surface area contributed by atoms with Crippen molar-refractivity contribution in [3.05, 3.63) is 54.2 Å². The molecular weight excluding hydrogens is 455 g/mol. The van der Waals surface area contributed by atoms with Crippen LogP contribution in [0.5, 0.6) is 0 Å². The fraction of sp³-hybridized carbons (Fsp3) is 0.273. The maximum absolute atomic E-state index is 12.3. The van der Waals surface area contributed by atoms with Crippen LogP contribution in [0.3, 0.4) is 0 Å². The molecule has 1 fully saturated rings. The first-order valence-electron chi connectivity index (χ1n) is 10.3. The van der Waals surface area contributed by atoms with Gasteiger partial charge in [-0.2, -0.15) is 18.3 Å². The highest BCUT2D eigenvalue weighted by molar-refractivity contribution is 6.04. The average molecular weight is 477 g/mol. The summed E-state index contributed by atoms with van der Waals surface area (Å²) in [4.78, 5) is 32.7. The minimum Gasteiger partial charge on any atom is -0.542 e. The van der Waals surface area contributed by atoms with Crippen LogP contribution in [0.4, 0.5) is 18.9 Å². The van der Waals surface area contributed by atoms with Crippen LogP contribution in [0, 0.1) is 5.92 Å². The smallest absolute Gasteiger partial charge is 0.430 e. The number of amides is 2. The van der Waals surface area contributed by atoms with Crippen molar-refractivity contribution in [2.24, 2.45) is 11.7 Å². The summed E-state index contributed by atoms with van der Waals surface area (Å²) in [6.45, 7) is 0. The van der Waals surface area contributed by atoms with Crippen LogP contribution < -0.4 is 21.9 Å². The highest BCUT2D eigenvalue weighted by Gasteiger charge is 2.30. The third-order valence-electron chi connectivity index (χ3n) is 5.34. The van der Waals surface area contributed by atoms with Crippen molar-refractivity contribution in [1.29, 1.82) is 0 Å². The lowest BCUT2D eigenvalue weighted by Gasteiger charge is -2.10. The molecule has 1 aliphatic carbocycles. The zero-order valence-corrected chi connectivity index (χ0v) is 17.8. The first-order chi connectivity index (χ1) is 16.0. The van der Waals surface area contributed by atoms with E-state index in [1.807, 2.05) is 36.5 Å². The Morgan fingerprint density at radius 3 is 2.29 bits per heavy atom. The van der Waals surface area contributed by atoms with Gasteiger partial charge in [0.05, 0.1) is 17.3 Å². The number of aromatic nitrogens is 2. The van der Waals surface area contributed by atoms with E-state index in [0.717, 1.165) is 36.0 Å². The number of primary amides is 1. The van der Waals surface area contributed by atoms with Crippen molar-refractivity contribution >= 4 is 34.4 Å². The zero-order valence-electron chi connectivity index (χ0n) is 17.8. The van der Waals surface area contributed by atoms with E-state index < -0.39 is 18.1 Å². The number of benzene rings is 2. The van der Waals surface area contributed by atoms with E-state index in [4.69, 9.17) is 15.6 Å². The van der Waals surface area contributed by atoms with Crippen LogP contribution in [0.15, 0.2) is 48.7 Å². The van der Waals surface area contributed by atoms with Crippen molar-refractivity contribution in [2.75, 3.05) is 5.32 Å². The van der Waals surface area contributed by atoms with E-state index in [-0.39, 0.29) is 11.8 Å². The van der Waals surface area contributed by atoms with Gasteiger partial charge in [-0.3, -0.25) is 9.59 Å². The van der Waals surface area contributed by atoms with E-state index in [9.17, 15) is 22.8 Å². The molecule has 1 aromatic heterocycles. The van der Waals surface area contributed by atoms with E-state index >= 15 is 0 Å². The summed E-state index contributed by atoms with van der Waals surface area (Å²) in [6.07, 6.45) is -0.578. The highest BCUT2D eigenvalue weighted by Crippen LogP contribution is 2.25. The van der Waals surface area contributed by atoms with Crippen LogP contribution in [0.1, 0.15) is 29.6 Å². The van der Waals surface area contributed by atoms with Crippen LogP contribution in [-0.4, -0.2) is 39.8 Å². The van der Waals surface area contributed by atoms with Crippen LogP contribution >= 0.6 is 0 Å². The molecule has 1 saturated carbocycles. The Labute approximate surface area is 191 Å². The number of hydrogen-bond acceptors (Lipinski definition) is 5. The van der Waals surface area contributed by atoms with Gasteiger partial charge in [-0.25, -0.2) is 4.68 Å². The Balaban J connectivity index is 0.000000406. The van der Waals surface area contributed by atoms with Gasteiger partial charge in [-0.1, -0.05) is 12.1 Å². The number of carbonyl (C=O) groups is 3. The fourth-order valence-corrected chi connectivity index (χ4v) is 3.63. The van der Waals surface area contributed by atoms with E-state index in [0.29, 0.717) is 17.1 Å². The lowest BCUT2D eigenvalue weighted by molar-refractivity contribution is -0.417. The average Bonchev–Trinajstić information content (AvgIpc) is 3.40. The number of nitrogens with one attached hydrogen (secondary N) is 1. The van der Waals surface area contributed by atoms with Gasteiger partial charge in [-0.05, 0) is 36.8 Å². The molecule has 6 N–H and O–H groups in total. The maximum atomic E-state index is 12.3. The SMILES string of the molecule is NC(=O)c1cccc2cn(-c3ccc(NC(=O)[C@@H]4CC[C@@H]([NH3+])C4)cc3)nc12.O=C([O-])C(F)(F)F. The Morgan fingerprint density at radius 2 is 1.76 bits per heavy atom. The van der Waals surface area contributed by atoms with Crippen LogP contribution in [0.2, 0.25) is 0 Å². The number of quaternary nitrogens is 1. The predicted octanol–water partition coefficient (Wildman–Crippen LogP) is 0.772. The molecule has 0 aliphatic heterocycles. The molecule has 1 aliphatic rings. The summed E-state index contributed by atoms with van der Waals surface area (Å²) >= 11 is 0. The first kappa shape index (κ1) is 24.7. The number of carbonyl (C=O) groups excluding carboxylic acids is 3. The zero-order chi connectivity index (χ0) is 25.0. The minimum atomic E-state index is -5.19. The van der Waals surface area contributed by atoms with Gasteiger partial charge in [0.25, 0.3) is 5.91 Å². The normalized spacial score (nSPS) is 17.6. The first-order valence-corrected chi connectivity index (χ1v) is 10.3. The Morgan fingerprint density at radius 1 is 1.12 bits per heavy atom. The molecule has 1 heterocycles. The second kappa shape index (κ2) is 9.91. The largest absolute Gasteiger partial charge is 0.542 e. The number of carboxylic acid groups (broad SMARTS) is 1. The number of alkyl halides is 3. The molecule has 2 atom stereocenters. The predicted molar refractivity (Wildman–Crippen MR) is 113 cm³/mol. The number of anilines is 1. The number of fused-ring (bicyclic) bond motifs is 1. The molecule has 2 aromatic carbocycles. The lowest BCUT2D eigenvalue weighted by Crippen LogP contribution is -2.59. The number of aliphatic carboxylic acids is 1. The second-order valence-electron chi connectivity index (χ2n) is 7.88. The maximum Gasteiger partial charge on any atom is 0.430 e. The number of rotatable bonds is 4. The molecule has 180 valence electrons. The van der Waals surface area contributed by atoms with Gasteiger partial charge in [0.15, 0.2) is 0 Å². The number of nitrogens with zero attached hydrogens (tertiary/aromatic N) is 2. The summed E-state index contributed by atoms with van der Waals surface area (Å²) in [5, 5.41) is 17.1. The number of halogens is 3. The molecule has 34 heavy (non-hydrogen) atoms. The molecular formula is C22H22F3N5O4. The lowest BCUT2D eigenvalue weighted by atomic mass is 10.1. The van der Waals surface area contributed by atoms with Crippen molar-refractivity contribution in [3.63, 3.8) is 0 Å². The van der Waals surface area contributed by atoms with Gasteiger partial charge >= 0.3 is 6.18 Å². The third-order valence-corrected chi connectivity index (χ3v) is 5.34. The molecule has 2 amide bonds. The van der Waals surface area contributed by atoms with Crippen molar-refractivity contribution in [1.82, 2.24) is 9.78 Å². The summed E-state index contributed by atoms with van der Waals surface area (Å²) in [5.74, 6) is -3.39. The van der Waals surface area contributed by atoms with E-state index in [1.54, 1.807) is 16.8 Å². The van der Waals surface area contributed by atoms with Gasteiger partial charge in [0.1, 0.15) is 11.5 Å². The van der Waals surface area contributed by atoms with Crippen molar-refractivity contribution in [3.8, 4) is 5.69 Å². The Kier molecular flexibility index (Phi) is 7.20. The standard InChI is InChI=1S/C20H21N5O2.C2HF3O2/c21-14-5-4-12(10-14)20(27)23-15-6-8-16(9-7-15)25-11-13-2-1-3-17(19(22)26)18(13)24-25;3-2(4,5)1(6)7/h1-3,6-9,11-12,14H,4-5,10,21H2,(H2,22,26)(H,23,27);(H,6,7)/t12-,14-;/m1./s1. The highest BCUT2D eigenvalue weighted by atomic mass is 19.4. The Hall–Kier alpha value is -3.93. The Bertz CT molecular complexity index is 1210. The minimum absolute atomic E-state index is 0.0517. The number of hydrogen-bond donors (Lipinski definition) is 3. The summed E-state index contributed by atoms with van der Waals surface area (Å²) < 4.78 is 33.3. The number of carboxylic acids is 1. The topological polar surface area (TPSA) is 158 Å². The monoisotopic (exact) mass is 477 g/mol. The molecule has 4 rings (SSSR count). The van der Waals surface area contributed by atoms with Crippen molar-refractivity contribution in [2.45, 2.75) is 31.5 Å². The van der Waals surface area contributed by atoms with Gasteiger partial charge < -0.3 is 26.7 Å². The van der Waals surface area contributed by atoms with Gasteiger partial charge in [0.2, 0.25) is 5.91 Å². The van der Waals surface area contributed by atoms with Gasteiger partial charge in [0, 0.05) is 36.0 Å². The molecule has 0 saturated heterocycles. The molecule has 0 unspecified atom stereocenters. The second-order valence-corrected chi connectivity index (χ2v) is 7.88. The summed E-state index contributed by atoms with van der Waals surface area (Å²) in [6, 6.07) is 13.2. The summed E-state index contributed by atoms with van der Waals surface area (Å²) in [5.41, 5.74) is 12.0. The molecule has 0 radical (unpaired) electrons. The fourth-order valence-electron chi connectivity index (χ4n) is 3.63. The van der Waals surface area contributed by atoms with Gasteiger partial charge in [-0.15, -0.1) is 0 Å². The molecule has 0 bridgehead atoms. The molecule has 9 nitrogen and oxygen atoms in total. The van der Waals surface area contributed by atoms with E-state index in [2.05, 4.69) is 16.1 Å². The van der Waals surface area contributed by atoms with Crippen LogP contribution in [0.25, 0.3) is 16.6 Å². The van der Waals surface area contributed by atoms with Crippen molar-refractivity contribution < 1.29 is 38.4 Å². The molecule has 0 spiro atoms.